The first kappa shape index (κ1) is 16.9. The lowest BCUT2D eigenvalue weighted by molar-refractivity contribution is 0.0584. The molecule has 0 amide bonds. The maximum atomic E-state index is 11.1. The number of methoxy groups -OCH3 is 1. The molecule has 0 aromatic carbocycles. The van der Waals surface area contributed by atoms with Gasteiger partial charge in [-0.1, -0.05) is 20.3 Å². The van der Waals surface area contributed by atoms with E-state index in [0.29, 0.717) is 6.42 Å². The van der Waals surface area contributed by atoms with Crippen molar-refractivity contribution in [2.45, 2.75) is 51.7 Å². The maximum Gasteiger partial charge on any atom is 0.147 e. The molecule has 2 unspecified atom stereocenters. The second kappa shape index (κ2) is 8.89. The van der Waals surface area contributed by atoms with Crippen LogP contribution in [0, 0.1) is 0 Å². The molecular formula is C12H27NO3S. The summed E-state index contributed by atoms with van der Waals surface area (Å²) >= 11 is 0. The Bertz CT molecular complexity index is 277. The molecule has 5 heteroatoms. The van der Waals surface area contributed by atoms with Gasteiger partial charge in [-0.15, -0.1) is 0 Å². The van der Waals surface area contributed by atoms with Crippen molar-refractivity contribution in [1.82, 2.24) is 5.32 Å². The fraction of sp³-hybridized carbons (Fsp3) is 1.00. The molecule has 0 heterocycles. The molecule has 0 fully saturated rings. The van der Waals surface area contributed by atoms with Crippen LogP contribution in [0.2, 0.25) is 0 Å². The van der Waals surface area contributed by atoms with Gasteiger partial charge in [0.25, 0.3) is 0 Å². The molecule has 4 nitrogen and oxygen atoms in total. The first-order chi connectivity index (χ1) is 7.94. The highest BCUT2D eigenvalue weighted by atomic mass is 32.2. The lowest BCUT2D eigenvalue weighted by Crippen LogP contribution is -2.41. The largest absolute Gasteiger partial charge is 0.380 e. The minimum absolute atomic E-state index is 0.180. The lowest BCUT2D eigenvalue weighted by atomic mass is 10.0. The Balaban J connectivity index is 4.21. The van der Waals surface area contributed by atoms with Gasteiger partial charge >= 0.3 is 0 Å². The molecule has 0 bridgehead atoms. The van der Waals surface area contributed by atoms with Crippen molar-refractivity contribution in [3.8, 4) is 0 Å². The summed E-state index contributed by atoms with van der Waals surface area (Å²) in [5.41, 5.74) is 0. The first-order valence-electron chi connectivity index (χ1n) is 6.38. The molecule has 0 aliphatic heterocycles. The van der Waals surface area contributed by atoms with Crippen molar-refractivity contribution in [3.63, 3.8) is 0 Å². The molecule has 0 saturated heterocycles. The van der Waals surface area contributed by atoms with E-state index in [9.17, 15) is 8.42 Å². The van der Waals surface area contributed by atoms with Gasteiger partial charge in [0, 0.05) is 25.2 Å². The average molecular weight is 265 g/mol. The molecule has 0 aliphatic carbocycles. The molecule has 0 aromatic rings. The van der Waals surface area contributed by atoms with E-state index in [-0.39, 0.29) is 17.9 Å². The van der Waals surface area contributed by atoms with Crippen LogP contribution in [0.5, 0.6) is 0 Å². The van der Waals surface area contributed by atoms with E-state index in [1.165, 1.54) is 6.26 Å². The number of hydrogen-bond acceptors (Lipinski definition) is 4. The zero-order valence-electron chi connectivity index (χ0n) is 11.5. The van der Waals surface area contributed by atoms with E-state index in [1.54, 1.807) is 7.11 Å². The third-order valence-corrected chi connectivity index (χ3v) is 3.85. The molecule has 0 aliphatic rings. The van der Waals surface area contributed by atoms with Crippen LogP contribution in [-0.2, 0) is 14.6 Å². The Morgan fingerprint density at radius 3 is 2.29 bits per heavy atom. The second-order valence-corrected chi connectivity index (χ2v) is 6.76. The highest BCUT2D eigenvalue weighted by Gasteiger charge is 2.19. The van der Waals surface area contributed by atoms with Crippen molar-refractivity contribution in [3.05, 3.63) is 0 Å². The molecular weight excluding hydrogens is 238 g/mol. The van der Waals surface area contributed by atoms with E-state index in [4.69, 9.17) is 4.74 Å². The number of rotatable bonds is 10. The van der Waals surface area contributed by atoms with Gasteiger partial charge in [-0.05, 0) is 25.8 Å². The number of nitrogens with one attached hydrogen (secondary N) is 1. The van der Waals surface area contributed by atoms with E-state index >= 15 is 0 Å². The zero-order chi connectivity index (χ0) is 13.3. The molecule has 2 atom stereocenters. The number of hydrogen-bond donors (Lipinski definition) is 1. The van der Waals surface area contributed by atoms with Crippen LogP contribution in [0.3, 0.4) is 0 Å². The second-order valence-electron chi connectivity index (χ2n) is 4.50. The molecule has 104 valence electrons. The van der Waals surface area contributed by atoms with E-state index in [1.807, 2.05) is 0 Å². The van der Waals surface area contributed by atoms with Gasteiger partial charge in [0.15, 0.2) is 0 Å². The smallest absolute Gasteiger partial charge is 0.147 e. The minimum Gasteiger partial charge on any atom is -0.380 e. The fourth-order valence-corrected chi connectivity index (χ4v) is 2.71. The molecule has 0 rings (SSSR count). The quantitative estimate of drug-likeness (QED) is 0.652. The van der Waals surface area contributed by atoms with Crippen molar-refractivity contribution in [1.29, 1.82) is 0 Å². The van der Waals surface area contributed by atoms with Crippen molar-refractivity contribution >= 4 is 9.84 Å². The summed E-state index contributed by atoms with van der Waals surface area (Å²) in [5.74, 6) is 0.261. The van der Waals surface area contributed by atoms with Gasteiger partial charge in [-0.3, -0.25) is 0 Å². The standard InChI is InChI=1S/C12H27NO3S/c1-5-8-12(16-3)11(13-6-2)9-7-10-17(4,14)15/h11-13H,5-10H2,1-4H3. The Labute approximate surface area is 106 Å². The highest BCUT2D eigenvalue weighted by Crippen LogP contribution is 2.12. The average Bonchev–Trinajstić information content (AvgIpc) is 2.23. The summed E-state index contributed by atoms with van der Waals surface area (Å²) < 4.78 is 27.6. The summed E-state index contributed by atoms with van der Waals surface area (Å²) in [6.07, 6.45) is 5.09. The Morgan fingerprint density at radius 1 is 1.24 bits per heavy atom. The summed E-state index contributed by atoms with van der Waals surface area (Å²) in [4.78, 5) is 0. The van der Waals surface area contributed by atoms with Gasteiger partial charge < -0.3 is 10.1 Å². The third kappa shape index (κ3) is 8.57. The van der Waals surface area contributed by atoms with E-state index in [0.717, 1.165) is 25.8 Å². The van der Waals surface area contributed by atoms with Crippen LogP contribution >= 0.6 is 0 Å². The molecule has 0 spiro atoms. The van der Waals surface area contributed by atoms with Crippen molar-refractivity contribution < 1.29 is 13.2 Å². The van der Waals surface area contributed by atoms with Gasteiger partial charge in [0.2, 0.25) is 0 Å². The van der Waals surface area contributed by atoms with Crippen molar-refractivity contribution in [2.24, 2.45) is 0 Å². The van der Waals surface area contributed by atoms with Crippen LogP contribution in [0.25, 0.3) is 0 Å². The molecule has 0 aromatic heterocycles. The summed E-state index contributed by atoms with van der Waals surface area (Å²) in [7, 11) is -1.12. The van der Waals surface area contributed by atoms with Crippen LogP contribution in [0.15, 0.2) is 0 Å². The van der Waals surface area contributed by atoms with Crippen LogP contribution in [0.1, 0.15) is 39.5 Å². The number of sulfone groups is 1. The Morgan fingerprint density at radius 2 is 1.88 bits per heavy atom. The lowest BCUT2D eigenvalue weighted by Gasteiger charge is -2.26. The fourth-order valence-electron chi connectivity index (χ4n) is 2.01. The summed E-state index contributed by atoms with van der Waals surface area (Å²) in [6, 6.07) is 0.256. The molecule has 0 saturated carbocycles. The number of likely N-dealkylation sites (N-methyl/N-ethyl adjacent to an activating group) is 1. The summed E-state index contributed by atoms with van der Waals surface area (Å²) in [6.45, 7) is 5.07. The van der Waals surface area contributed by atoms with E-state index < -0.39 is 9.84 Å². The monoisotopic (exact) mass is 265 g/mol. The first-order valence-corrected chi connectivity index (χ1v) is 8.44. The maximum absolute atomic E-state index is 11.1. The molecule has 1 N–H and O–H groups in total. The third-order valence-electron chi connectivity index (χ3n) is 2.82. The van der Waals surface area contributed by atoms with Crippen LogP contribution < -0.4 is 5.32 Å². The van der Waals surface area contributed by atoms with Crippen LogP contribution in [-0.4, -0.2) is 46.2 Å². The Kier molecular flexibility index (Phi) is 8.82. The van der Waals surface area contributed by atoms with Crippen LogP contribution in [0.4, 0.5) is 0 Å². The van der Waals surface area contributed by atoms with Crippen molar-refractivity contribution in [2.75, 3.05) is 25.7 Å². The minimum atomic E-state index is -2.85. The zero-order valence-corrected chi connectivity index (χ0v) is 12.3. The molecule has 17 heavy (non-hydrogen) atoms. The van der Waals surface area contributed by atoms with Gasteiger partial charge in [-0.25, -0.2) is 8.42 Å². The Hall–Kier alpha value is -0.130. The van der Waals surface area contributed by atoms with Gasteiger partial charge in [0.1, 0.15) is 9.84 Å². The number of ether oxygens (including phenoxy) is 1. The topological polar surface area (TPSA) is 55.4 Å². The predicted octanol–water partition coefficient (Wildman–Crippen LogP) is 1.60. The van der Waals surface area contributed by atoms with Gasteiger partial charge in [-0.2, -0.15) is 0 Å². The normalized spacial score (nSPS) is 15.8. The van der Waals surface area contributed by atoms with E-state index in [2.05, 4.69) is 19.2 Å². The van der Waals surface area contributed by atoms with Gasteiger partial charge in [0.05, 0.1) is 6.10 Å². The predicted molar refractivity (Wildman–Crippen MR) is 72.1 cm³/mol. The summed E-state index contributed by atoms with van der Waals surface area (Å²) in [5, 5.41) is 3.38. The SMILES string of the molecule is CCCC(OC)C(CCCS(C)(=O)=O)NCC. The molecule has 0 radical (unpaired) electrons. The highest BCUT2D eigenvalue weighted by molar-refractivity contribution is 7.90.